The van der Waals surface area contributed by atoms with Crippen LogP contribution in [0.25, 0.3) is 0 Å². The molecule has 0 atom stereocenters. The number of benzene rings is 1. The summed E-state index contributed by atoms with van der Waals surface area (Å²) >= 11 is 0. The van der Waals surface area contributed by atoms with Crippen LogP contribution in [0.2, 0.25) is 0 Å². The van der Waals surface area contributed by atoms with Crippen LogP contribution in [0.4, 0.5) is 0 Å². The molecule has 146 valence electrons. The van der Waals surface area contributed by atoms with Gasteiger partial charge >= 0.3 is 0 Å². The lowest BCUT2D eigenvalue weighted by atomic mass is 10.2. The molecule has 2 aromatic rings. The van der Waals surface area contributed by atoms with E-state index in [2.05, 4.69) is 27.5 Å². The minimum atomic E-state index is 0.522. The molecule has 1 aromatic carbocycles. The zero-order chi connectivity index (χ0) is 19.3. The third kappa shape index (κ3) is 6.79. The Bertz CT molecular complexity index is 722. The maximum atomic E-state index is 6.05. The molecule has 2 N–H and O–H groups in total. The summed E-state index contributed by atoms with van der Waals surface area (Å²) in [4.78, 5) is 8.57. The number of aromatic nitrogens is 1. The summed E-state index contributed by atoms with van der Waals surface area (Å²) in [6, 6.07) is 11.5. The Morgan fingerprint density at radius 1 is 1.07 bits per heavy atom. The first-order chi connectivity index (χ1) is 13.3. The van der Waals surface area contributed by atoms with Crippen LogP contribution in [0, 0.1) is 0 Å². The Morgan fingerprint density at radius 3 is 2.63 bits per heavy atom. The van der Waals surface area contributed by atoms with E-state index in [1.54, 1.807) is 20.4 Å². The van der Waals surface area contributed by atoms with Gasteiger partial charge in [0.15, 0.2) is 17.5 Å². The molecule has 0 saturated carbocycles. The molecule has 0 aliphatic carbocycles. The van der Waals surface area contributed by atoms with Gasteiger partial charge in [0.1, 0.15) is 0 Å². The van der Waals surface area contributed by atoms with Gasteiger partial charge in [0.25, 0.3) is 0 Å². The van der Waals surface area contributed by atoms with Crippen LogP contribution in [0.3, 0.4) is 0 Å². The van der Waals surface area contributed by atoms with E-state index in [0.717, 1.165) is 12.0 Å². The maximum Gasteiger partial charge on any atom is 0.224 e. The number of methoxy groups -OCH3 is 1. The Labute approximate surface area is 160 Å². The highest BCUT2D eigenvalue weighted by atomic mass is 16.5. The zero-order valence-electron chi connectivity index (χ0n) is 16.2. The molecule has 1 aromatic heterocycles. The van der Waals surface area contributed by atoms with Crippen LogP contribution < -0.4 is 20.1 Å². The largest absolute Gasteiger partial charge is 0.490 e. The Balaban J connectivity index is 2.05. The summed E-state index contributed by atoms with van der Waals surface area (Å²) in [6.45, 7) is 4.51. The first-order valence-electron chi connectivity index (χ1n) is 9.05. The van der Waals surface area contributed by atoms with Crippen molar-refractivity contribution in [2.24, 2.45) is 4.99 Å². The number of nitrogens with one attached hydrogen (secondary N) is 2. The summed E-state index contributed by atoms with van der Waals surface area (Å²) in [6.07, 6.45) is 2.64. The van der Waals surface area contributed by atoms with Crippen molar-refractivity contribution >= 4 is 5.96 Å². The molecule has 7 heteroatoms. The first-order valence-corrected chi connectivity index (χ1v) is 9.05. The lowest BCUT2D eigenvalue weighted by molar-refractivity contribution is 0.203. The predicted molar refractivity (Wildman–Crippen MR) is 107 cm³/mol. The van der Waals surface area contributed by atoms with Crippen molar-refractivity contribution in [3.8, 4) is 17.4 Å². The fourth-order valence-electron chi connectivity index (χ4n) is 2.29. The second kappa shape index (κ2) is 11.7. The van der Waals surface area contributed by atoms with E-state index in [0.29, 0.717) is 49.6 Å². The monoisotopic (exact) mass is 372 g/mol. The van der Waals surface area contributed by atoms with E-state index in [1.807, 2.05) is 36.4 Å². The quantitative estimate of drug-likeness (QED) is 0.379. The number of hydrogen-bond acceptors (Lipinski definition) is 5. The molecule has 1 heterocycles. The summed E-state index contributed by atoms with van der Waals surface area (Å²) in [5.74, 6) is 2.58. The second-order valence-electron chi connectivity index (χ2n) is 5.71. The summed E-state index contributed by atoms with van der Waals surface area (Å²) < 4.78 is 16.8. The van der Waals surface area contributed by atoms with E-state index in [4.69, 9.17) is 14.2 Å². The van der Waals surface area contributed by atoms with Gasteiger partial charge in [-0.3, -0.25) is 4.99 Å². The number of para-hydroxylation sites is 2. The minimum absolute atomic E-state index is 0.522. The number of nitrogens with zero attached hydrogens (tertiary/aromatic N) is 2. The van der Waals surface area contributed by atoms with Crippen LogP contribution >= 0.6 is 0 Å². The number of ether oxygens (including phenoxy) is 3. The fourth-order valence-corrected chi connectivity index (χ4v) is 2.29. The van der Waals surface area contributed by atoms with E-state index >= 15 is 0 Å². The summed E-state index contributed by atoms with van der Waals surface area (Å²) in [5, 5.41) is 6.43. The van der Waals surface area contributed by atoms with Crippen LogP contribution in [-0.4, -0.2) is 44.9 Å². The molecular formula is C20H28N4O3. The van der Waals surface area contributed by atoms with Gasteiger partial charge in [-0.2, -0.15) is 0 Å². The average molecular weight is 372 g/mol. The standard InChI is InChI=1S/C20H28N4O3/c1-4-13-26-17-9-5-6-10-18(17)27-19-16(8-7-11-22-19)15-24-20(21-2)23-12-14-25-3/h5-11H,4,12-15H2,1-3H3,(H2,21,23,24). The SMILES string of the molecule is CCCOc1ccccc1Oc1ncccc1CNC(=NC)NCCOC. The van der Waals surface area contributed by atoms with Crippen LogP contribution in [0.5, 0.6) is 17.4 Å². The van der Waals surface area contributed by atoms with Gasteiger partial charge in [0.2, 0.25) is 5.88 Å². The number of aliphatic imine (C=N–C) groups is 1. The van der Waals surface area contributed by atoms with Gasteiger partial charge in [-0.05, 0) is 24.6 Å². The Morgan fingerprint density at radius 2 is 1.89 bits per heavy atom. The number of pyridine rings is 1. The van der Waals surface area contributed by atoms with Gasteiger partial charge in [0, 0.05) is 39.0 Å². The number of guanidine groups is 1. The van der Waals surface area contributed by atoms with Crippen molar-refractivity contribution in [3.63, 3.8) is 0 Å². The summed E-state index contributed by atoms with van der Waals surface area (Å²) in [7, 11) is 3.39. The van der Waals surface area contributed by atoms with Crippen molar-refractivity contribution < 1.29 is 14.2 Å². The second-order valence-corrected chi connectivity index (χ2v) is 5.71. The molecule has 0 saturated heterocycles. The zero-order valence-corrected chi connectivity index (χ0v) is 16.2. The normalized spacial score (nSPS) is 11.1. The Kier molecular flexibility index (Phi) is 8.92. The third-order valence-corrected chi connectivity index (χ3v) is 3.64. The van der Waals surface area contributed by atoms with Gasteiger partial charge in [-0.15, -0.1) is 0 Å². The number of hydrogen-bond donors (Lipinski definition) is 2. The third-order valence-electron chi connectivity index (χ3n) is 3.64. The Hall–Kier alpha value is -2.80. The lowest BCUT2D eigenvalue weighted by Crippen LogP contribution is -2.38. The van der Waals surface area contributed by atoms with E-state index < -0.39 is 0 Å². The molecule has 0 fully saturated rings. The van der Waals surface area contributed by atoms with Crippen molar-refractivity contribution in [3.05, 3.63) is 48.2 Å². The smallest absolute Gasteiger partial charge is 0.224 e. The number of rotatable bonds is 10. The van der Waals surface area contributed by atoms with Crippen molar-refractivity contribution in [2.75, 3.05) is 33.9 Å². The average Bonchev–Trinajstić information content (AvgIpc) is 2.71. The highest BCUT2D eigenvalue weighted by molar-refractivity contribution is 5.79. The molecule has 0 aliphatic rings. The van der Waals surface area contributed by atoms with Crippen molar-refractivity contribution in [1.82, 2.24) is 15.6 Å². The van der Waals surface area contributed by atoms with Crippen LogP contribution in [0.15, 0.2) is 47.6 Å². The fraction of sp³-hybridized carbons (Fsp3) is 0.400. The minimum Gasteiger partial charge on any atom is -0.490 e. The predicted octanol–water partition coefficient (Wildman–Crippen LogP) is 2.97. The molecule has 0 amide bonds. The lowest BCUT2D eigenvalue weighted by Gasteiger charge is -2.15. The van der Waals surface area contributed by atoms with Gasteiger partial charge in [-0.25, -0.2) is 4.98 Å². The highest BCUT2D eigenvalue weighted by Crippen LogP contribution is 2.31. The molecule has 0 bridgehead atoms. The summed E-state index contributed by atoms with van der Waals surface area (Å²) in [5.41, 5.74) is 0.914. The molecule has 0 radical (unpaired) electrons. The molecule has 0 aliphatic heterocycles. The highest BCUT2D eigenvalue weighted by Gasteiger charge is 2.11. The molecule has 27 heavy (non-hydrogen) atoms. The van der Waals surface area contributed by atoms with E-state index in [9.17, 15) is 0 Å². The van der Waals surface area contributed by atoms with Crippen molar-refractivity contribution in [1.29, 1.82) is 0 Å². The topological polar surface area (TPSA) is 77.0 Å². The molecule has 0 spiro atoms. The van der Waals surface area contributed by atoms with E-state index in [1.165, 1.54) is 0 Å². The molecule has 7 nitrogen and oxygen atoms in total. The van der Waals surface area contributed by atoms with Crippen molar-refractivity contribution in [2.45, 2.75) is 19.9 Å². The maximum absolute atomic E-state index is 6.05. The molecule has 2 rings (SSSR count). The van der Waals surface area contributed by atoms with Crippen LogP contribution in [0.1, 0.15) is 18.9 Å². The molecular weight excluding hydrogens is 344 g/mol. The first kappa shape index (κ1) is 20.5. The van der Waals surface area contributed by atoms with Gasteiger partial charge < -0.3 is 24.8 Å². The van der Waals surface area contributed by atoms with Gasteiger partial charge in [0.05, 0.1) is 13.2 Å². The molecule has 0 unspecified atom stereocenters. The van der Waals surface area contributed by atoms with Crippen LogP contribution in [-0.2, 0) is 11.3 Å². The van der Waals surface area contributed by atoms with Gasteiger partial charge in [-0.1, -0.05) is 25.1 Å². The van der Waals surface area contributed by atoms with E-state index in [-0.39, 0.29) is 0 Å².